The van der Waals surface area contributed by atoms with Crippen molar-refractivity contribution >= 4 is 17.7 Å². The molecule has 0 spiro atoms. The standard InChI is InChI=1S/C22H26ClNO/c1-24(2)16-20-12-6-10-18(14-17-8-4-3-5-9-17)22(20,25)19-11-7-13-21(23)15-19/h3-5,7-9,11,13-15,20,25H,6,10,12,16H2,1-2H3. The predicted octanol–water partition coefficient (Wildman–Crippen LogP) is 4.97. The Balaban J connectivity index is 2.10. The van der Waals surface area contributed by atoms with Crippen LogP contribution in [0.1, 0.15) is 30.4 Å². The topological polar surface area (TPSA) is 23.5 Å². The van der Waals surface area contributed by atoms with Gasteiger partial charge in [0, 0.05) is 17.5 Å². The molecule has 0 bridgehead atoms. The molecule has 1 fully saturated rings. The molecule has 1 N–H and O–H groups in total. The molecule has 0 aliphatic heterocycles. The molecule has 2 unspecified atom stereocenters. The lowest BCUT2D eigenvalue weighted by Gasteiger charge is -2.44. The average Bonchev–Trinajstić information content (AvgIpc) is 2.59. The van der Waals surface area contributed by atoms with Gasteiger partial charge in [-0.05, 0) is 62.2 Å². The van der Waals surface area contributed by atoms with Crippen LogP contribution in [0.4, 0.5) is 0 Å². The van der Waals surface area contributed by atoms with Crippen LogP contribution in [0.15, 0.2) is 60.2 Å². The van der Waals surface area contributed by atoms with Crippen LogP contribution in [0.2, 0.25) is 5.02 Å². The summed E-state index contributed by atoms with van der Waals surface area (Å²) in [5.74, 6) is 0.143. The van der Waals surface area contributed by atoms with E-state index in [1.54, 1.807) is 0 Å². The number of hydrogen-bond acceptors (Lipinski definition) is 2. The summed E-state index contributed by atoms with van der Waals surface area (Å²) in [5, 5.41) is 12.6. The molecule has 25 heavy (non-hydrogen) atoms. The van der Waals surface area contributed by atoms with E-state index in [2.05, 4.69) is 37.2 Å². The van der Waals surface area contributed by atoms with E-state index in [-0.39, 0.29) is 5.92 Å². The molecule has 1 aliphatic carbocycles. The first-order chi connectivity index (χ1) is 12.0. The van der Waals surface area contributed by atoms with Crippen LogP contribution < -0.4 is 0 Å². The highest BCUT2D eigenvalue weighted by Crippen LogP contribution is 2.46. The monoisotopic (exact) mass is 355 g/mol. The van der Waals surface area contributed by atoms with Crippen molar-refractivity contribution in [2.75, 3.05) is 20.6 Å². The molecule has 1 saturated carbocycles. The smallest absolute Gasteiger partial charge is 0.115 e. The van der Waals surface area contributed by atoms with Gasteiger partial charge in [0.2, 0.25) is 0 Å². The molecular formula is C22H26ClNO. The molecule has 0 saturated heterocycles. The molecular weight excluding hydrogens is 330 g/mol. The Labute approximate surface area is 155 Å². The highest BCUT2D eigenvalue weighted by Gasteiger charge is 2.44. The van der Waals surface area contributed by atoms with Crippen molar-refractivity contribution in [2.24, 2.45) is 5.92 Å². The number of rotatable bonds is 4. The van der Waals surface area contributed by atoms with E-state index in [1.807, 2.05) is 42.5 Å². The van der Waals surface area contributed by atoms with E-state index in [0.717, 1.165) is 42.5 Å². The molecule has 3 rings (SSSR count). The van der Waals surface area contributed by atoms with Gasteiger partial charge < -0.3 is 10.0 Å². The summed E-state index contributed by atoms with van der Waals surface area (Å²) in [4.78, 5) is 2.16. The fraction of sp³-hybridized carbons (Fsp3) is 0.364. The molecule has 132 valence electrons. The van der Waals surface area contributed by atoms with Gasteiger partial charge in [0.1, 0.15) is 5.60 Å². The van der Waals surface area contributed by atoms with Crippen molar-refractivity contribution in [3.8, 4) is 0 Å². The third kappa shape index (κ3) is 3.98. The molecule has 0 aromatic heterocycles. The maximum Gasteiger partial charge on any atom is 0.115 e. The Hall–Kier alpha value is -1.61. The van der Waals surface area contributed by atoms with Gasteiger partial charge in [-0.15, -0.1) is 0 Å². The molecule has 2 aromatic rings. The van der Waals surface area contributed by atoms with Crippen molar-refractivity contribution in [3.63, 3.8) is 0 Å². The zero-order valence-electron chi connectivity index (χ0n) is 15.0. The third-order valence-electron chi connectivity index (χ3n) is 5.07. The zero-order chi connectivity index (χ0) is 17.9. The Bertz CT molecular complexity index is 741. The zero-order valence-corrected chi connectivity index (χ0v) is 15.7. The maximum absolute atomic E-state index is 11.9. The molecule has 1 aliphatic rings. The van der Waals surface area contributed by atoms with Crippen LogP contribution in [0.3, 0.4) is 0 Å². The molecule has 2 aromatic carbocycles. The van der Waals surface area contributed by atoms with E-state index in [0.29, 0.717) is 5.02 Å². The summed E-state index contributed by atoms with van der Waals surface area (Å²) in [5.41, 5.74) is 2.12. The molecule has 2 nitrogen and oxygen atoms in total. The SMILES string of the molecule is CN(C)CC1CCCC(=Cc2ccccc2)C1(O)c1cccc(Cl)c1. The van der Waals surface area contributed by atoms with Gasteiger partial charge >= 0.3 is 0 Å². The molecule has 0 amide bonds. The number of benzene rings is 2. The number of hydrogen-bond donors (Lipinski definition) is 1. The van der Waals surface area contributed by atoms with Crippen LogP contribution in [-0.2, 0) is 5.60 Å². The van der Waals surface area contributed by atoms with Crippen molar-refractivity contribution in [1.29, 1.82) is 0 Å². The Morgan fingerprint density at radius 1 is 1.16 bits per heavy atom. The quantitative estimate of drug-likeness (QED) is 0.836. The first kappa shape index (κ1) is 18.2. The fourth-order valence-corrected chi connectivity index (χ4v) is 4.13. The number of nitrogens with zero attached hydrogens (tertiary/aromatic N) is 1. The van der Waals surface area contributed by atoms with Gasteiger partial charge in [-0.3, -0.25) is 0 Å². The van der Waals surface area contributed by atoms with E-state index in [1.165, 1.54) is 0 Å². The third-order valence-corrected chi connectivity index (χ3v) is 5.30. The molecule has 3 heteroatoms. The fourth-order valence-electron chi connectivity index (χ4n) is 3.94. The summed E-state index contributed by atoms with van der Waals surface area (Å²) in [6.07, 6.45) is 5.16. The van der Waals surface area contributed by atoms with Crippen LogP contribution in [0.5, 0.6) is 0 Å². The second-order valence-electron chi connectivity index (χ2n) is 7.21. The van der Waals surface area contributed by atoms with E-state index < -0.39 is 5.60 Å². The van der Waals surface area contributed by atoms with Crippen molar-refractivity contribution in [3.05, 3.63) is 76.3 Å². The molecule has 0 heterocycles. The first-order valence-electron chi connectivity index (χ1n) is 8.89. The van der Waals surface area contributed by atoms with Gasteiger partial charge in [0.25, 0.3) is 0 Å². The van der Waals surface area contributed by atoms with Crippen molar-refractivity contribution < 1.29 is 5.11 Å². The van der Waals surface area contributed by atoms with Gasteiger partial charge in [0.05, 0.1) is 0 Å². The lowest BCUT2D eigenvalue weighted by molar-refractivity contribution is -0.0174. The van der Waals surface area contributed by atoms with E-state index in [9.17, 15) is 5.11 Å². The predicted molar refractivity (Wildman–Crippen MR) is 106 cm³/mol. The lowest BCUT2D eigenvalue weighted by atomic mass is 9.67. The Morgan fingerprint density at radius 2 is 1.92 bits per heavy atom. The van der Waals surface area contributed by atoms with Crippen LogP contribution in [-0.4, -0.2) is 30.6 Å². The van der Waals surface area contributed by atoms with Crippen molar-refractivity contribution in [2.45, 2.75) is 24.9 Å². The molecule has 0 radical (unpaired) electrons. The molecule has 2 atom stereocenters. The first-order valence-corrected chi connectivity index (χ1v) is 9.27. The summed E-state index contributed by atoms with van der Waals surface area (Å²) < 4.78 is 0. The number of aliphatic hydroxyl groups is 1. The maximum atomic E-state index is 11.9. The minimum Gasteiger partial charge on any atom is -0.380 e. The summed E-state index contributed by atoms with van der Waals surface area (Å²) in [6, 6.07) is 17.9. The summed E-state index contributed by atoms with van der Waals surface area (Å²) in [6.45, 7) is 0.842. The summed E-state index contributed by atoms with van der Waals surface area (Å²) in [7, 11) is 4.13. The highest BCUT2D eigenvalue weighted by molar-refractivity contribution is 6.30. The van der Waals surface area contributed by atoms with Gasteiger partial charge in [-0.25, -0.2) is 0 Å². The normalized spacial score (nSPS) is 25.5. The van der Waals surface area contributed by atoms with Crippen LogP contribution in [0.25, 0.3) is 6.08 Å². The second-order valence-corrected chi connectivity index (χ2v) is 7.64. The van der Waals surface area contributed by atoms with Crippen molar-refractivity contribution in [1.82, 2.24) is 4.90 Å². The van der Waals surface area contributed by atoms with Gasteiger partial charge in [-0.1, -0.05) is 60.1 Å². The highest BCUT2D eigenvalue weighted by atomic mass is 35.5. The minimum absolute atomic E-state index is 0.143. The second kappa shape index (κ2) is 7.74. The average molecular weight is 356 g/mol. The van der Waals surface area contributed by atoms with E-state index in [4.69, 9.17) is 11.6 Å². The largest absolute Gasteiger partial charge is 0.380 e. The van der Waals surface area contributed by atoms with Crippen LogP contribution in [0, 0.1) is 5.92 Å². The summed E-state index contributed by atoms with van der Waals surface area (Å²) >= 11 is 6.25. The van der Waals surface area contributed by atoms with Gasteiger partial charge in [-0.2, -0.15) is 0 Å². The minimum atomic E-state index is -0.983. The lowest BCUT2D eigenvalue weighted by Crippen LogP contribution is -2.44. The Kier molecular flexibility index (Phi) is 5.63. The van der Waals surface area contributed by atoms with Crippen LogP contribution >= 0.6 is 11.6 Å². The van der Waals surface area contributed by atoms with E-state index >= 15 is 0 Å². The van der Waals surface area contributed by atoms with Gasteiger partial charge in [0.15, 0.2) is 0 Å². The Morgan fingerprint density at radius 3 is 2.60 bits per heavy atom. The number of halogens is 1.